The highest BCUT2D eigenvalue weighted by molar-refractivity contribution is 5.88. The van der Waals surface area contributed by atoms with Crippen molar-refractivity contribution in [2.75, 3.05) is 0 Å². The third kappa shape index (κ3) is 2.44. The minimum Gasteiger partial charge on any atom is -0.478 e. The standard InChI is InChI=1S/C11H12O5/c1-7(12)11(16)5-4-8(6-9(11)13)2-3-10(14)15/h2-6,9,13,16H,1H3,(H,14,15)/b3-2+. The predicted molar refractivity (Wildman–Crippen MR) is 55.6 cm³/mol. The Morgan fingerprint density at radius 1 is 1.50 bits per heavy atom. The number of allylic oxidation sites excluding steroid dienone is 3. The zero-order chi connectivity index (χ0) is 12.3. The Bertz CT molecular complexity index is 405. The van der Waals surface area contributed by atoms with E-state index in [4.69, 9.17) is 5.11 Å². The first kappa shape index (κ1) is 12.4. The number of aliphatic hydroxyl groups is 2. The number of carboxylic acid groups (broad SMARTS) is 1. The zero-order valence-electron chi connectivity index (χ0n) is 8.62. The number of hydrogen-bond donors (Lipinski definition) is 3. The number of carboxylic acids is 1. The monoisotopic (exact) mass is 224 g/mol. The van der Waals surface area contributed by atoms with Gasteiger partial charge in [-0.3, -0.25) is 4.79 Å². The maximum absolute atomic E-state index is 11.1. The van der Waals surface area contributed by atoms with Crippen LogP contribution in [0.3, 0.4) is 0 Å². The average Bonchev–Trinajstić information content (AvgIpc) is 2.19. The Morgan fingerprint density at radius 2 is 2.12 bits per heavy atom. The van der Waals surface area contributed by atoms with Crippen LogP contribution in [0.1, 0.15) is 6.92 Å². The normalized spacial score (nSPS) is 29.2. The number of ketones is 1. The summed E-state index contributed by atoms with van der Waals surface area (Å²) in [6.07, 6.45) is 4.56. The second-order valence-electron chi connectivity index (χ2n) is 3.50. The molecule has 5 nitrogen and oxygen atoms in total. The van der Waals surface area contributed by atoms with E-state index in [9.17, 15) is 19.8 Å². The van der Waals surface area contributed by atoms with Crippen molar-refractivity contribution in [2.24, 2.45) is 0 Å². The number of Topliss-reactive ketones (excluding diaryl/α,β-unsaturated/α-hetero) is 1. The van der Waals surface area contributed by atoms with Gasteiger partial charge in [-0.25, -0.2) is 4.79 Å². The molecule has 0 saturated heterocycles. The Kier molecular flexibility index (Phi) is 3.41. The lowest BCUT2D eigenvalue weighted by atomic mass is 9.86. The number of carbonyl (C=O) groups excluding carboxylic acids is 1. The Hall–Kier alpha value is -1.72. The van der Waals surface area contributed by atoms with Gasteiger partial charge in [0.15, 0.2) is 11.4 Å². The molecule has 0 saturated carbocycles. The van der Waals surface area contributed by atoms with Crippen LogP contribution in [-0.4, -0.2) is 38.8 Å². The predicted octanol–water partition coefficient (Wildman–Crippen LogP) is -0.196. The van der Waals surface area contributed by atoms with Crippen molar-refractivity contribution in [1.82, 2.24) is 0 Å². The third-order valence-electron chi connectivity index (χ3n) is 2.31. The van der Waals surface area contributed by atoms with Gasteiger partial charge >= 0.3 is 5.97 Å². The van der Waals surface area contributed by atoms with Gasteiger partial charge in [0.2, 0.25) is 0 Å². The molecule has 0 aromatic rings. The maximum Gasteiger partial charge on any atom is 0.328 e. The van der Waals surface area contributed by atoms with Gasteiger partial charge in [0.1, 0.15) is 6.10 Å². The van der Waals surface area contributed by atoms with Crippen LogP contribution in [0.25, 0.3) is 0 Å². The van der Waals surface area contributed by atoms with E-state index in [1.54, 1.807) is 0 Å². The summed E-state index contributed by atoms with van der Waals surface area (Å²) in [4.78, 5) is 21.4. The van der Waals surface area contributed by atoms with Crippen LogP contribution in [0.4, 0.5) is 0 Å². The van der Waals surface area contributed by atoms with Crippen LogP contribution >= 0.6 is 0 Å². The molecule has 1 aliphatic rings. The molecule has 0 spiro atoms. The molecule has 1 rings (SSSR count). The minimum absolute atomic E-state index is 0.417. The van der Waals surface area contributed by atoms with Crippen LogP contribution < -0.4 is 0 Å². The highest BCUT2D eigenvalue weighted by Crippen LogP contribution is 2.23. The molecule has 0 heterocycles. The highest BCUT2D eigenvalue weighted by atomic mass is 16.4. The van der Waals surface area contributed by atoms with Crippen LogP contribution in [-0.2, 0) is 9.59 Å². The third-order valence-corrected chi connectivity index (χ3v) is 2.31. The molecule has 2 unspecified atom stereocenters. The summed E-state index contributed by atoms with van der Waals surface area (Å²) < 4.78 is 0. The van der Waals surface area contributed by atoms with Gasteiger partial charge in [0.25, 0.3) is 0 Å². The van der Waals surface area contributed by atoms with Gasteiger partial charge in [-0.1, -0.05) is 6.08 Å². The average molecular weight is 224 g/mol. The number of hydrogen-bond acceptors (Lipinski definition) is 4. The number of carbonyl (C=O) groups is 2. The largest absolute Gasteiger partial charge is 0.478 e. The zero-order valence-corrected chi connectivity index (χ0v) is 8.62. The summed E-state index contributed by atoms with van der Waals surface area (Å²) in [7, 11) is 0. The first-order valence-corrected chi connectivity index (χ1v) is 4.60. The lowest BCUT2D eigenvalue weighted by molar-refractivity contribution is -0.137. The van der Waals surface area contributed by atoms with E-state index in [-0.39, 0.29) is 0 Å². The molecular weight excluding hydrogens is 212 g/mol. The molecule has 16 heavy (non-hydrogen) atoms. The molecule has 5 heteroatoms. The molecule has 0 aromatic heterocycles. The molecule has 0 amide bonds. The number of aliphatic hydroxyl groups excluding tert-OH is 1. The van der Waals surface area contributed by atoms with Crippen molar-refractivity contribution in [3.05, 3.63) is 36.0 Å². The summed E-state index contributed by atoms with van der Waals surface area (Å²) >= 11 is 0. The van der Waals surface area contributed by atoms with Gasteiger partial charge in [0, 0.05) is 6.08 Å². The smallest absolute Gasteiger partial charge is 0.328 e. The highest BCUT2D eigenvalue weighted by Gasteiger charge is 2.38. The Balaban J connectivity index is 2.90. The van der Waals surface area contributed by atoms with Crippen molar-refractivity contribution in [2.45, 2.75) is 18.6 Å². The van der Waals surface area contributed by atoms with Gasteiger partial charge in [-0.05, 0) is 30.7 Å². The fraction of sp³-hybridized carbons (Fsp3) is 0.273. The molecule has 0 bridgehead atoms. The molecule has 0 radical (unpaired) electrons. The van der Waals surface area contributed by atoms with Crippen molar-refractivity contribution in [3.8, 4) is 0 Å². The second kappa shape index (κ2) is 4.42. The molecule has 1 aliphatic carbocycles. The molecule has 0 aromatic carbocycles. The molecule has 86 valence electrons. The Labute approximate surface area is 92.0 Å². The number of rotatable bonds is 3. The number of aliphatic carboxylic acids is 1. The van der Waals surface area contributed by atoms with E-state index in [2.05, 4.69) is 0 Å². The van der Waals surface area contributed by atoms with E-state index < -0.39 is 23.5 Å². The van der Waals surface area contributed by atoms with Crippen LogP contribution in [0.5, 0.6) is 0 Å². The van der Waals surface area contributed by atoms with E-state index in [1.165, 1.54) is 25.2 Å². The fourth-order valence-electron chi connectivity index (χ4n) is 1.29. The van der Waals surface area contributed by atoms with Crippen molar-refractivity contribution in [1.29, 1.82) is 0 Å². The minimum atomic E-state index is -1.92. The SMILES string of the molecule is CC(=O)C1(O)C=CC(/C=C/C(=O)O)=CC1O. The lowest BCUT2D eigenvalue weighted by Gasteiger charge is -2.28. The summed E-state index contributed by atoms with van der Waals surface area (Å²) in [6.45, 7) is 1.17. The summed E-state index contributed by atoms with van der Waals surface area (Å²) in [5.41, 5.74) is -1.50. The summed E-state index contributed by atoms with van der Waals surface area (Å²) in [5.74, 6) is -1.69. The quantitative estimate of drug-likeness (QED) is 0.577. The first-order chi connectivity index (χ1) is 7.36. The van der Waals surface area contributed by atoms with Crippen LogP contribution in [0.15, 0.2) is 36.0 Å². The Morgan fingerprint density at radius 3 is 2.56 bits per heavy atom. The molecular formula is C11H12O5. The fourth-order valence-corrected chi connectivity index (χ4v) is 1.29. The van der Waals surface area contributed by atoms with Crippen molar-refractivity contribution in [3.63, 3.8) is 0 Å². The summed E-state index contributed by atoms with van der Waals surface area (Å²) in [5, 5.41) is 27.7. The van der Waals surface area contributed by atoms with E-state index in [0.717, 1.165) is 12.2 Å². The van der Waals surface area contributed by atoms with E-state index in [1.807, 2.05) is 0 Å². The van der Waals surface area contributed by atoms with E-state index >= 15 is 0 Å². The van der Waals surface area contributed by atoms with Gasteiger partial charge in [-0.15, -0.1) is 0 Å². The van der Waals surface area contributed by atoms with Crippen LogP contribution in [0, 0.1) is 0 Å². The van der Waals surface area contributed by atoms with Gasteiger partial charge < -0.3 is 15.3 Å². The lowest BCUT2D eigenvalue weighted by Crippen LogP contribution is -2.47. The topological polar surface area (TPSA) is 94.8 Å². The van der Waals surface area contributed by atoms with Crippen molar-refractivity contribution < 1.29 is 24.9 Å². The first-order valence-electron chi connectivity index (χ1n) is 4.60. The van der Waals surface area contributed by atoms with Crippen LogP contribution in [0.2, 0.25) is 0 Å². The molecule has 3 N–H and O–H groups in total. The molecule has 2 atom stereocenters. The molecule has 0 fully saturated rings. The van der Waals surface area contributed by atoms with Gasteiger partial charge in [-0.2, -0.15) is 0 Å². The van der Waals surface area contributed by atoms with Crippen molar-refractivity contribution >= 4 is 11.8 Å². The summed E-state index contributed by atoms with van der Waals surface area (Å²) in [6, 6.07) is 0. The second-order valence-corrected chi connectivity index (χ2v) is 3.50. The molecule has 0 aliphatic heterocycles. The van der Waals surface area contributed by atoms with Gasteiger partial charge in [0.05, 0.1) is 0 Å². The maximum atomic E-state index is 11.1. The van der Waals surface area contributed by atoms with E-state index in [0.29, 0.717) is 5.57 Å².